The molecule has 0 spiro atoms. The Morgan fingerprint density at radius 1 is 0.844 bits per heavy atom. The van der Waals surface area contributed by atoms with Gasteiger partial charge in [-0.05, 0) is 37.4 Å². The SMILES string of the molecule is CCC(=O)OCOC(=O)SC[C@H](NC(=O)C(C)(C)SC(=O)OCOC(=O)CC)C(=O)OC. The average molecular weight is 498 g/mol. The molecule has 0 rings (SSSR count). The Kier molecular flexibility index (Phi) is 14.2. The standard InChI is InChI=1S/C18H27NO11S2/c1-6-12(20)27-9-29-16(24)31-8-11(14(22)26-5)19-15(23)18(3,4)32-17(25)30-10-28-13(21)7-2/h11H,6-10H2,1-5H3,(H,19,23)/t11-/m0/s1. The number of amides is 1. The molecule has 0 unspecified atom stereocenters. The molecule has 0 aliphatic rings. The normalized spacial score (nSPS) is 11.5. The van der Waals surface area contributed by atoms with E-state index >= 15 is 0 Å². The summed E-state index contributed by atoms with van der Waals surface area (Å²) in [5.41, 5.74) is 0. The minimum absolute atomic E-state index is 0.114. The zero-order valence-corrected chi connectivity index (χ0v) is 20.1. The summed E-state index contributed by atoms with van der Waals surface area (Å²) in [6.07, 6.45) is 0.231. The van der Waals surface area contributed by atoms with E-state index in [0.717, 1.165) is 7.11 Å². The first-order chi connectivity index (χ1) is 15.0. The molecular weight excluding hydrogens is 470 g/mol. The number of ether oxygens (including phenoxy) is 5. The Morgan fingerprint density at radius 3 is 1.81 bits per heavy atom. The average Bonchev–Trinajstić information content (AvgIpc) is 2.74. The molecule has 0 aliphatic carbocycles. The highest BCUT2D eigenvalue weighted by atomic mass is 32.2. The van der Waals surface area contributed by atoms with Gasteiger partial charge in [-0.25, -0.2) is 14.4 Å². The highest BCUT2D eigenvalue weighted by molar-refractivity contribution is 8.15. The predicted molar refractivity (Wildman–Crippen MR) is 114 cm³/mol. The molecule has 0 radical (unpaired) electrons. The fraction of sp³-hybridized carbons (Fsp3) is 0.667. The Labute approximate surface area is 193 Å². The van der Waals surface area contributed by atoms with Crippen molar-refractivity contribution in [2.24, 2.45) is 0 Å². The molecule has 0 heterocycles. The lowest BCUT2D eigenvalue weighted by Gasteiger charge is -2.24. The van der Waals surface area contributed by atoms with Gasteiger partial charge in [-0.3, -0.25) is 14.4 Å². The third-order valence-electron chi connectivity index (χ3n) is 3.41. The number of carbonyl (C=O) groups is 6. The van der Waals surface area contributed by atoms with Crippen molar-refractivity contribution in [1.29, 1.82) is 0 Å². The molecule has 0 aromatic rings. The highest BCUT2D eigenvalue weighted by Crippen LogP contribution is 2.27. The third kappa shape index (κ3) is 12.4. The second kappa shape index (κ2) is 15.3. The van der Waals surface area contributed by atoms with Gasteiger partial charge in [0.15, 0.2) is 0 Å². The molecule has 1 atom stereocenters. The second-order valence-electron chi connectivity index (χ2n) is 6.24. The van der Waals surface area contributed by atoms with Crippen LogP contribution < -0.4 is 5.32 Å². The van der Waals surface area contributed by atoms with Crippen LogP contribution in [0.1, 0.15) is 40.5 Å². The van der Waals surface area contributed by atoms with Crippen LogP contribution in [0, 0.1) is 0 Å². The van der Waals surface area contributed by atoms with Gasteiger partial charge in [0, 0.05) is 18.6 Å². The van der Waals surface area contributed by atoms with Crippen molar-refractivity contribution >= 4 is 57.9 Å². The molecule has 0 aromatic carbocycles. The van der Waals surface area contributed by atoms with E-state index in [4.69, 9.17) is 4.74 Å². The van der Waals surface area contributed by atoms with E-state index in [1.165, 1.54) is 13.8 Å². The number of carbonyl (C=O) groups excluding carboxylic acids is 6. The van der Waals surface area contributed by atoms with E-state index in [0.29, 0.717) is 23.5 Å². The zero-order chi connectivity index (χ0) is 24.7. The van der Waals surface area contributed by atoms with Crippen molar-refractivity contribution in [1.82, 2.24) is 5.32 Å². The maximum atomic E-state index is 12.6. The number of hydrogen-bond acceptors (Lipinski definition) is 13. The maximum Gasteiger partial charge on any atom is 0.371 e. The minimum atomic E-state index is -1.38. The van der Waals surface area contributed by atoms with E-state index in [1.54, 1.807) is 13.8 Å². The van der Waals surface area contributed by atoms with Crippen molar-refractivity contribution in [2.45, 2.75) is 51.3 Å². The number of thioether (sulfide) groups is 2. The first-order valence-corrected chi connectivity index (χ1v) is 11.1. The van der Waals surface area contributed by atoms with Gasteiger partial charge in [0.2, 0.25) is 19.5 Å². The van der Waals surface area contributed by atoms with Gasteiger partial charge >= 0.3 is 28.5 Å². The van der Waals surface area contributed by atoms with Gasteiger partial charge in [-0.1, -0.05) is 13.8 Å². The van der Waals surface area contributed by atoms with Crippen LogP contribution >= 0.6 is 23.5 Å². The molecule has 182 valence electrons. The molecule has 0 aromatic heterocycles. The van der Waals surface area contributed by atoms with E-state index in [1.807, 2.05) is 0 Å². The molecular formula is C18H27NO11S2. The zero-order valence-electron chi connectivity index (χ0n) is 18.4. The molecule has 12 nitrogen and oxygen atoms in total. The molecule has 1 N–H and O–H groups in total. The number of esters is 3. The number of methoxy groups -OCH3 is 1. The Bertz CT molecular complexity index is 696. The van der Waals surface area contributed by atoms with E-state index in [2.05, 4.69) is 24.3 Å². The summed E-state index contributed by atoms with van der Waals surface area (Å²) in [5.74, 6) is -2.89. The van der Waals surface area contributed by atoms with Gasteiger partial charge in [-0.15, -0.1) is 0 Å². The molecule has 14 heteroatoms. The fourth-order valence-corrected chi connectivity index (χ4v) is 2.94. The monoisotopic (exact) mass is 497 g/mol. The van der Waals surface area contributed by atoms with Gasteiger partial charge in [-0.2, -0.15) is 0 Å². The van der Waals surface area contributed by atoms with Crippen molar-refractivity contribution < 1.29 is 52.5 Å². The van der Waals surface area contributed by atoms with Crippen molar-refractivity contribution in [3.05, 3.63) is 0 Å². The van der Waals surface area contributed by atoms with Gasteiger partial charge in [0.1, 0.15) is 6.04 Å². The first-order valence-electron chi connectivity index (χ1n) is 9.32. The van der Waals surface area contributed by atoms with Crippen molar-refractivity contribution in [3.8, 4) is 0 Å². The fourth-order valence-electron chi connectivity index (χ4n) is 1.61. The van der Waals surface area contributed by atoms with Gasteiger partial charge in [0.05, 0.1) is 11.9 Å². The third-order valence-corrected chi connectivity index (χ3v) is 5.25. The van der Waals surface area contributed by atoms with Crippen molar-refractivity contribution in [3.63, 3.8) is 0 Å². The van der Waals surface area contributed by atoms with Gasteiger partial charge < -0.3 is 29.0 Å². The van der Waals surface area contributed by atoms with Crippen LogP contribution in [0.4, 0.5) is 9.59 Å². The molecule has 0 saturated carbocycles. The van der Waals surface area contributed by atoms with E-state index in [-0.39, 0.29) is 18.6 Å². The summed E-state index contributed by atoms with van der Waals surface area (Å²) in [5, 5.41) is 0.685. The summed E-state index contributed by atoms with van der Waals surface area (Å²) in [6.45, 7) is 4.79. The molecule has 32 heavy (non-hydrogen) atoms. The maximum absolute atomic E-state index is 12.6. The minimum Gasteiger partial charge on any atom is -0.467 e. The first kappa shape index (κ1) is 29.5. The molecule has 0 aliphatic heterocycles. The second-order valence-corrected chi connectivity index (χ2v) is 8.75. The van der Waals surface area contributed by atoms with Crippen LogP contribution in [0.25, 0.3) is 0 Å². The van der Waals surface area contributed by atoms with E-state index in [9.17, 15) is 28.8 Å². The van der Waals surface area contributed by atoms with Crippen molar-refractivity contribution in [2.75, 3.05) is 26.4 Å². The quantitative estimate of drug-likeness (QED) is 0.237. The lowest BCUT2D eigenvalue weighted by Crippen LogP contribution is -2.50. The smallest absolute Gasteiger partial charge is 0.371 e. The summed E-state index contributed by atoms with van der Waals surface area (Å²) in [7, 11) is 1.10. The predicted octanol–water partition coefficient (Wildman–Crippen LogP) is 1.98. The molecule has 0 saturated heterocycles. The number of hydrogen-bond donors (Lipinski definition) is 1. The Hall–Kier alpha value is -2.48. The van der Waals surface area contributed by atoms with Crippen LogP contribution in [0.15, 0.2) is 0 Å². The summed E-state index contributed by atoms with van der Waals surface area (Å²) in [6, 6.07) is -1.23. The van der Waals surface area contributed by atoms with Crippen LogP contribution in [-0.4, -0.2) is 71.7 Å². The largest absolute Gasteiger partial charge is 0.467 e. The van der Waals surface area contributed by atoms with E-state index < -0.39 is 58.8 Å². The number of nitrogens with one attached hydrogen (secondary N) is 1. The Balaban J connectivity index is 4.72. The summed E-state index contributed by atoms with van der Waals surface area (Å²) >= 11 is 1.06. The number of rotatable bonds is 12. The lowest BCUT2D eigenvalue weighted by molar-refractivity contribution is -0.152. The Morgan fingerprint density at radius 2 is 1.34 bits per heavy atom. The molecule has 0 bridgehead atoms. The van der Waals surface area contributed by atoms with Crippen LogP contribution in [-0.2, 0) is 42.9 Å². The molecule has 0 fully saturated rings. The topological polar surface area (TPSA) is 161 Å². The van der Waals surface area contributed by atoms with Gasteiger partial charge in [0.25, 0.3) is 0 Å². The van der Waals surface area contributed by atoms with Crippen LogP contribution in [0.3, 0.4) is 0 Å². The highest BCUT2D eigenvalue weighted by Gasteiger charge is 2.35. The van der Waals surface area contributed by atoms with Crippen LogP contribution in [0.5, 0.6) is 0 Å². The van der Waals surface area contributed by atoms with Crippen LogP contribution in [0.2, 0.25) is 0 Å². The lowest BCUT2D eigenvalue weighted by atomic mass is 10.2. The molecule has 1 amide bonds. The summed E-state index contributed by atoms with van der Waals surface area (Å²) in [4.78, 5) is 70.1. The summed E-state index contributed by atoms with van der Waals surface area (Å²) < 4.78 is 21.9.